The first-order chi connectivity index (χ1) is 4.70. The lowest BCUT2D eigenvalue weighted by Crippen LogP contribution is -2.04. The van der Waals surface area contributed by atoms with E-state index < -0.39 is 0 Å². The fourth-order valence-electron chi connectivity index (χ4n) is 0.800. The molecule has 0 aliphatic rings. The number of hydrogen-bond acceptors (Lipinski definition) is 2. The van der Waals surface area contributed by atoms with Crippen molar-refractivity contribution in [1.82, 2.24) is 0 Å². The Kier molecular flexibility index (Phi) is 1.92. The first-order valence-corrected chi connectivity index (χ1v) is 3.31. The number of nitrogen functional groups attached to an aromatic ring is 1. The van der Waals surface area contributed by atoms with Crippen LogP contribution in [0.2, 0.25) is 0 Å². The van der Waals surface area contributed by atoms with Crippen LogP contribution < -0.4 is 11.5 Å². The van der Waals surface area contributed by atoms with Crippen LogP contribution in [0, 0.1) is 0 Å². The third kappa shape index (κ3) is 1.48. The standard InChI is InChI=1S/C8H12N2/c1-6(9)7-2-4-8(10)5-3-7/h2-6H,9-10H2,1H3. The zero-order chi connectivity index (χ0) is 7.56. The second-order valence-corrected chi connectivity index (χ2v) is 2.46. The van der Waals surface area contributed by atoms with Crippen molar-refractivity contribution >= 4 is 5.69 Å². The van der Waals surface area contributed by atoms with E-state index in [-0.39, 0.29) is 6.04 Å². The SMILES string of the molecule is CC(N)c1ccc(N)cc1. The van der Waals surface area contributed by atoms with E-state index in [9.17, 15) is 0 Å². The quantitative estimate of drug-likeness (QED) is 0.571. The lowest BCUT2D eigenvalue weighted by Gasteiger charge is -2.03. The summed E-state index contributed by atoms with van der Waals surface area (Å²) < 4.78 is 0. The van der Waals surface area contributed by atoms with Gasteiger partial charge < -0.3 is 11.5 Å². The summed E-state index contributed by atoms with van der Waals surface area (Å²) in [7, 11) is 0. The molecule has 1 aromatic carbocycles. The molecule has 0 saturated carbocycles. The zero-order valence-electron chi connectivity index (χ0n) is 6.04. The highest BCUT2D eigenvalue weighted by Gasteiger charge is 1.95. The highest BCUT2D eigenvalue weighted by atomic mass is 14.6. The molecule has 2 nitrogen and oxygen atoms in total. The molecule has 0 fully saturated rings. The molecule has 0 heterocycles. The Morgan fingerprint density at radius 3 is 2.10 bits per heavy atom. The van der Waals surface area contributed by atoms with Crippen LogP contribution in [0.5, 0.6) is 0 Å². The average molecular weight is 136 g/mol. The molecule has 0 spiro atoms. The number of benzene rings is 1. The van der Waals surface area contributed by atoms with Crippen LogP contribution in [0.15, 0.2) is 24.3 Å². The third-order valence-electron chi connectivity index (χ3n) is 1.46. The van der Waals surface area contributed by atoms with E-state index in [1.165, 1.54) is 0 Å². The van der Waals surface area contributed by atoms with Gasteiger partial charge in [0.1, 0.15) is 0 Å². The minimum absolute atomic E-state index is 0.0978. The van der Waals surface area contributed by atoms with Crippen molar-refractivity contribution in [2.75, 3.05) is 5.73 Å². The summed E-state index contributed by atoms with van der Waals surface area (Å²) >= 11 is 0. The number of anilines is 1. The van der Waals surface area contributed by atoms with E-state index in [1.54, 1.807) is 0 Å². The van der Waals surface area contributed by atoms with Gasteiger partial charge in [-0.05, 0) is 24.6 Å². The first kappa shape index (κ1) is 7.09. The van der Waals surface area contributed by atoms with Gasteiger partial charge in [0.05, 0.1) is 0 Å². The molecule has 1 atom stereocenters. The van der Waals surface area contributed by atoms with Gasteiger partial charge in [-0.2, -0.15) is 0 Å². The van der Waals surface area contributed by atoms with Crippen molar-refractivity contribution < 1.29 is 0 Å². The fraction of sp³-hybridized carbons (Fsp3) is 0.250. The van der Waals surface area contributed by atoms with Crippen molar-refractivity contribution in [2.24, 2.45) is 5.73 Å². The lowest BCUT2D eigenvalue weighted by molar-refractivity contribution is 0.818. The van der Waals surface area contributed by atoms with E-state index in [1.807, 2.05) is 31.2 Å². The van der Waals surface area contributed by atoms with Crippen LogP contribution in [0.4, 0.5) is 5.69 Å². The van der Waals surface area contributed by atoms with Crippen LogP contribution in [0.25, 0.3) is 0 Å². The molecule has 0 aromatic heterocycles. The van der Waals surface area contributed by atoms with Crippen molar-refractivity contribution in [1.29, 1.82) is 0 Å². The summed E-state index contributed by atoms with van der Waals surface area (Å²) in [4.78, 5) is 0. The predicted octanol–water partition coefficient (Wildman–Crippen LogP) is 1.29. The molecule has 0 amide bonds. The second-order valence-electron chi connectivity index (χ2n) is 2.46. The molecule has 1 rings (SSSR count). The van der Waals surface area contributed by atoms with Gasteiger partial charge in [-0.15, -0.1) is 0 Å². The molecule has 0 bridgehead atoms. The van der Waals surface area contributed by atoms with Gasteiger partial charge in [0.15, 0.2) is 0 Å². The minimum Gasteiger partial charge on any atom is -0.399 e. The summed E-state index contributed by atoms with van der Waals surface area (Å²) in [6.45, 7) is 1.95. The Hall–Kier alpha value is -1.02. The van der Waals surface area contributed by atoms with Gasteiger partial charge in [-0.25, -0.2) is 0 Å². The van der Waals surface area contributed by atoms with Gasteiger partial charge in [0.25, 0.3) is 0 Å². The molecule has 10 heavy (non-hydrogen) atoms. The van der Waals surface area contributed by atoms with Gasteiger partial charge in [-0.3, -0.25) is 0 Å². The Balaban J connectivity index is 2.89. The number of hydrogen-bond donors (Lipinski definition) is 2. The maximum absolute atomic E-state index is 5.62. The molecule has 0 radical (unpaired) electrons. The van der Waals surface area contributed by atoms with Crippen LogP contribution in [-0.4, -0.2) is 0 Å². The Morgan fingerprint density at radius 2 is 1.70 bits per heavy atom. The van der Waals surface area contributed by atoms with Gasteiger partial charge in [0, 0.05) is 11.7 Å². The lowest BCUT2D eigenvalue weighted by atomic mass is 10.1. The van der Waals surface area contributed by atoms with E-state index in [2.05, 4.69) is 0 Å². The van der Waals surface area contributed by atoms with Crippen LogP contribution in [-0.2, 0) is 0 Å². The van der Waals surface area contributed by atoms with Crippen molar-refractivity contribution in [2.45, 2.75) is 13.0 Å². The Labute approximate surface area is 60.8 Å². The maximum atomic E-state index is 5.62. The smallest absolute Gasteiger partial charge is 0.0314 e. The molecule has 1 unspecified atom stereocenters. The van der Waals surface area contributed by atoms with Crippen molar-refractivity contribution in [3.8, 4) is 0 Å². The second kappa shape index (κ2) is 2.71. The monoisotopic (exact) mass is 136 g/mol. The topological polar surface area (TPSA) is 52.0 Å². The molecule has 2 heteroatoms. The summed E-state index contributed by atoms with van der Waals surface area (Å²) in [5.41, 5.74) is 13.0. The summed E-state index contributed by atoms with van der Waals surface area (Å²) in [5.74, 6) is 0. The highest BCUT2D eigenvalue weighted by molar-refractivity contribution is 5.39. The van der Waals surface area contributed by atoms with Gasteiger partial charge in [0.2, 0.25) is 0 Å². The van der Waals surface area contributed by atoms with Crippen molar-refractivity contribution in [3.05, 3.63) is 29.8 Å². The third-order valence-corrected chi connectivity index (χ3v) is 1.46. The molecule has 1 aromatic rings. The van der Waals surface area contributed by atoms with Gasteiger partial charge in [-0.1, -0.05) is 12.1 Å². The normalized spacial score (nSPS) is 13.0. The number of nitrogens with two attached hydrogens (primary N) is 2. The molecule has 4 N–H and O–H groups in total. The van der Waals surface area contributed by atoms with E-state index >= 15 is 0 Å². The highest BCUT2D eigenvalue weighted by Crippen LogP contribution is 2.10. The van der Waals surface area contributed by atoms with Crippen LogP contribution >= 0.6 is 0 Å². The maximum Gasteiger partial charge on any atom is 0.0314 e. The molecular formula is C8H12N2. The Bertz CT molecular complexity index is 201. The summed E-state index contributed by atoms with van der Waals surface area (Å²) in [6.07, 6.45) is 0. The molecular weight excluding hydrogens is 124 g/mol. The van der Waals surface area contributed by atoms with Crippen LogP contribution in [0.3, 0.4) is 0 Å². The summed E-state index contributed by atoms with van der Waals surface area (Å²) in [6, 6.07) is 7.71. The predicted molar refractivity (Wildman–Crippen MR) is 43.5 cm³/mol. The molecule has 0 aliphatic heterocycles. The zero-order valence-corrected chi connectivity index (χ0v) is 6.04. The van der Waals surface area contributed by atoms with E-state index in [4.69, 9.17) is 11.5 Å². The first-order valence-electron chi connectivity index (χ1n) is 3.31. The minimum atomic E-state index is 0.0978. The molecule has 54 valence electrons. The van der Waals surface area contributed by atoms with E-state index in [0.29, 0.717) is 0 Å². The Morgan fingerprint density at radius 1 is 1.20 bits per heavy atom. The molecule has 0 aliphatic carbocycles. The van der Waals surface area contributed by atoms with Crippen molar-refractivity contribution in [3.63, 3.8) is 0 Å². The molecule has 0 saturated heterocycles. The number of rotatable bonds is 1. The fourth-order valence-corrected chi connectivity index (χ4v) is 0.800. The largest absolute Gasteiger partial charge is 0.399 e. The average Bonchev–Trinajstić information content (AvgIpc) is 1.88. The van der Waals surface area contributed by atoms with E-state index in [0.717, 1.165) is 11.3 Å². The van der Waals surface area contributed by atoms with Crippen LogP contribution in [0.1, 0.15) is 18.5 Å². The summed E-state index contributed by atoms with van der Waals surface area (Å²) in [5, 5.41) is 0. The van der Waals surface area contributed by atoms with Gasteiger partial charge >= 0.3 is 0 Å².